The normalized spacial score (nSPS) is 12.8. The van der Waals surface area contributed by atoms with Gasteiger partial charge in [-0.05, 0) is 76.8 Å². The molecule has 0 aliphatic heterocycles. The van der Waals surface area contributed by atoms with Crippen molar-refractivity contribution in [2.24, 2.45) is 5.73 Å². The third kappa shape index (κ3) is 43.7. The lowest BCUT2D eigenvalue weighted by atomic mass is 10.0. The fourth-order valence-electron chi connectivity index (χ4n) is 7.79. The zero-order chi connectivity index (χ0) is 43.8. The van der Waals surface area contributed by atoms with Crippen molar-refractivity contribution < 1.29 is 24.2 Å². The molecule has 2 atom stereocenters. The first-order valence-corrected chi connectivity index (χ1v) is 25.8. The highest BCUT2D eigenvalue weighted by molar-refractivity contribution is 5.83. The Balaban J connectivity index is 4.18. The summed E-state index contributed by atoms with van der Waals surface area (Å²) in [4.78, 5) is 36.5. The lowest BCUT2D eigenvalue weighted by Crippen LogP contribution is -2.40. The van der Waals surface area contributed by atoms with E-state index in [0.717, 1.165) is 70.6 Å². The molecule has 2 unspecified atom stereocenters. The number of unbranched alkanes of at least 4 members (excludes halogenated alkanes) is 29. The van der Waals surface area contributed by atoms with Crippen LogP contribution in [0.3, 0.4) is 0 Å². The van der Waals surface area contributed by atoms with E-state index in [-0.39, 0.29) is 18.0 Å². The predicted molar refractivity (Wildman–Crippen MR) is 257 cm³/mol. The number of carboxylic acids is 1. The van der Waals surface area contributed by atoms with Gasteiger partial charge in [-0.2, -0.15) is 0 Å². The van der Waals surface area contributed by atoms with Crippen LogP contribution in [0.2, 0.25) is 0 Å². The summed E-state index contributed by atoms with van der Waals surface area (Å²) >= 11 is 0. The smallest absolute Gasteiger partial charge is 0.326 e. The summed E-state index contributed by atoms with van der Waals surface area (Å²) in [6.07, 6.45) is 58.1. The highest BCUT2D eigenvalue weighted by Gasteiger charge is 2.19. The first-order valence-electron chi connectivity index (χ1n) is 25.8. The average Bonchev–Trinajstić information content (AvgIpc) is 3.23. The number of hydrogen-bond acceptors (Lipinski definition) is 5. The molecule has 0 aromatic rings. The molecule has 60 heavy (non-hydrogen) atoms. The molecule has 0 spiro atoms. The highest BCUT2D eigenvalue weighted by atomic mass is 16.5. The maximum atomic E-state index is 12.8. The second-order valence-electron chi connectivity index (χ2n) is 17.6. The lowest BCUT2D eigenvalue weighted by Gasteiger charge is -2.15. The summed E-state index contributed by atoms with van der Waals surface area (Å²) in [6, 6.07) is -0.866. The maximum Gasteiger partial charge on any atom is 0.326 e. The van der Waals surface area contributed by atoms with Crippen LogP contribution >= 0.6 is 0 Å². The summed E-state index contributed by atoms with van der Waals surface area (Å²) in [5.74, 6) is -1.31. The van der Waals surface area contributed by atoms with Gasteiger partial charge >= 0.3 is 11.9 Å². The van der Waals surface area contributed by atoms with Crippen LogP contribution in [0.1, 0.15) is 264 Å². The fraction of sp³-hybridized carbons (Fsp3) is 0.830. The molecule has 1 amide bonds. The van der Waals surface area contributed by atoms with Crippen LogP contribution in [-0.4, -0.2) is 41.6 Å². The summed E-state index contributed by atoms with van der Waals surface area (Å²) in [6.45, 7) is 4.93. The quantitative estimate of drug-likeness (QED) is 0.0319. The molecule has 7 heteroatoms. The Morgan fingerprint density at radius 1 is 0.500 bits per heavy atom. The van der Waals surface area contributed by atoms with Gasteiger partial charge in [-0.25, -0.2) is 4.79 Å². The van der Waals surface area contributed by atoms with Gasteiger partial charge in [0.25, 0.3) is 0 Å². The van der Waals surface area contributed by atoms with Crippen LogP contribution in [0.25, 0.3) is 0 Å². The summed E-state index contributed by atoms with van der Waals surface area (Å²) in [5, 5.41) is 12.0. The summed E-state index contributed by atoms with van der Waals surface area (Å²) in [7, 11) is 0. The molecule has 0 aliphatic carbocycles. The average molecular weight is 843 g/mol. The monoisotopic (exact) mass is 843 g/mol. The number of aliphatic carboxylic acids is 1. The minimum Gasteiger partial charge on any atom is -0.480 e. The molecule has 0 fully saturated rings. The van der Waals surface area contributed by atoms with Gasteiger partial charge in [-0.1, -0.05) is 218 Å². The topological polar surface area (TPSA) is 119 Å². The van der Waals surface area contributed by atoms with Gasteiger partial charge < -0.3 is 20.9 Å². The van der Waals surface area contributed by atoms with Gasteiger partial charge in [0.2, 0.25) is 5.91 Å². The second-order valence-corrected chi connectivity index (χ2v) is 17.6. The van der Waals surface area contributed by atoms with Crippen molar-refractivity contribution in [3.05, 3.63) is 36.5 Å². The Kier molecular flexibility index (Phi) is 45.7. The summed E-state index contributed by atoms with van der Waals surface area (Å²) < 4.78 is 5.97. The summed E-state index contributed by atoms with van der Waals surface area (Å²) in [5.41, 5.74) is 5.49. The number of nitrogens with one attached hydrogen (secondary N) is 1. The van der Waals surface area contributed by atoms with Gasteiger partial charge in [0.1, 0.15) is 12.1 Å². The number of rotatable bonds is 47. The molecule has 0 saturated heterocycles. The van der Waals surface area contributed by atoms with Crippen LogP contribution in [0, 0.1) is 0 Å². The molecular weight excluding hydrogens is 745 g/mol. The van der Waals surface area contributed by atoms with E-state index >= 15 is 0 Å². The minimum atomic E-state index is -1.01. The number of carbonyl (C=O) groups is 3. The van der Waals surface area contributed by atoms with E-state index < -0.39 is 12.0 Å². The fourth-order valence-corrected chi connectivity index (χ4v) is 7.79. The molecule has 0 rings (SSSR count). The Hall–Kier alpha value is -2.41. The van der Waals surface area contributed by atoms with Crippen LogP contribution in [0.4, 0.5) is 0 Å². The standard InChI is InChI=1S/C53H98N2O5/c1-3-5-7-9-11-13-15-16-17-18-19-20-21-22-23-24-25-26-28-30-32-37-41-47-52(57)60-49(43-38-34-31-29-27-14-12-10-8-6-4-2)44-39-35-33-36-40-46-51(56)55-50(53(58)59)45-42-48-54/h12,14,29,31,38,43,49-50H,3-11,13,15-28,30,32-37,39-42,44-48,54H2,1-2H3,(H,55,56)(H,58,59)/b14-12-,31-29-,43-38-. The number of hydrogen-bond donors (Lipinski definition) is 3. The Morgan fingerprint density at radius 3 is 1.40 bits per heavy atom. The van der Waals surface area contributed by atoms with E-state index in [1.807, 2.05) is 0 Å². The van der Waals surface area contributed by atoms with E-state index in [1.54, 1.807) is 0 Å². The molecule has 0 radical (unpaired) electrons. The molecule has 0 aromatic carbocycles. The molecule has 4 N–H and O–H groups in total. The van der Waals surface area contributed by atoms with Crippen molar-refractivity contribution >= 4 is 17.8 Å². The van der Waals surface area contributed by atoms with E-state index in [0.29, 0.717) is 32.2 Å². The first kappa shape index (κ1) is 57.6. The third-order valence-corrected chi connectivity index (χ3v) is 11.7. The van der Waals surface area contributed by atoms with Crippen LogP contribution < -0.4 is 11.1 Å². The van der Waals surface area contributed by atoms with E-state index in [4.69, 9.17) is 10.5 Å². The van der Waals surface area contributed by atoms with E-state index in [1.165, 1.54) is 154 Å². The van der Waals surface area contributed by atoms with Gasteiger partial charge in [0, 0.05) is 12.8 Å². The second kappa shape index (κ2) is 47.6. The minimum absolute atomic E-state index is 0.0889. The third-order valence-electron chi connectivity index (χ3n) is 11.7. The number of nitrogens with two attached hydrogens (primary N) is 1. The molecule has 0 heterocycles. The van der Waals surface area contributed by atoms with E-state index in [9.17, 15) is 19.5 Å². The maximum absolute atomic E-state index is 12.8. The number of carboxylic acid groups (broad SMARTS) is 1. The van der Waals surface area contributed by atoms with Gasteiger partial charge in [0.05, 0.1) is 0 Å². The van der Waals surface area contributed by atoms with Crippen molar-refractivity contribution in [1.82, 2.24) is 5.32 Å². The number of ether oxygens (including phenoxy) is 1. The lowest BCUT2D eigenvalue weighted by molar-refractivity contribution is -0.147. The van der Waals surface area contributed by atoms with Crippen LogP contribution in [-0.2, 0) is 19.1 Å². The van der Waals surface area contributed by atoms with Crippen molar-refractivity contribution in [2.75, 3.05) is 6.54 Å². The Labute approximate surface area is 371 Å². The molecule has 0 saturated carbocycles. The predicted octanol–water partition coefficient (Wildman–Crippen LogP) is 15.3. The molecule has 350 valence electrons. The molecule has 0 aromatic heterocycles. The molecule has 0 bridgehead atoms. The number of carbonyl (C=O) groups excluding carboxylic acids is 2. The zero-order valence-electron chi connectivity index (χ0n) is 39.6. The van der Waals surface area contributed by atoms with Gasteiger partial charge in [0.15, 0.2) is 0 Å². The van der Waals surface area contributed by atoms with Crippen LogP contribution in [0.15, 0.2) is 36.5 Å². The Morgan fingerprint density at radius 2 is 0.917 bits per heavy atom. The zero-order valence-corrected chi connectivity index (χ0v) is 39.6. The van der Waals surface area contributed by atoms with Crippen molar-refractivity contribution in [1.29, 1.82) is 0 Å². The van der Waals surface area contributed by atoms with Gasteiger partial charge in [-0.15, -0.1) is 0 Å². The largest absolute Gasteiger partial charge is 0.480 e. The Bertz CT molecular complexity index is 1040. The number of esters is 1. The SMILES string of the molecule is CCCCC/C=C\C/C=C\C/C=C\C(CCCCCCCC(=O)NC(CCCN)C(=O)O)OC(=O)CCCCCCCCCCCCCCCCCCCCCCCCC. The van der Waals surface area contributed by atoms with Crippen molar-refractivity contribution in [2.45, 2.75) is 276 Å². The number of amides is 1. The highest BCUT2D eigenvalue weighted by Crippen LogP contribution is 2.17. The first-order chi connectivity index (χ1) is 29.4. The van der Waals surface area contributed by atoms with E-state index in [2.05, 4.69) is 55.6 Å². The van der Waals surface area contributed by atoms with Crippen molar-refractivity contribution in [3.63, 3.8) is 0 Å². The molecule has 0 aliphatic rings. The van der Waals surface area contributed by atoms with Crippen LogP contribution in [0.5, 0.6) is 0 Å². The molecular formula is C53H98N2O5. The van der Waals surface area contributed by atoms with Gasteiger partial charge in [-0.3, -0.25) is 9.59 Å². The molecule has 7 nitrogen and oxygen atoms in total. The number of allylic oxidation sites excluding steroid dienone is 5. The van der Waals surface area contributed by atoms with Crippen molar-refractivity contribution in [3.8, 4) is 0 Å².